The number of hydrogen-bond acceptors (Lipinski definition) is 5. The molecule has 1 aromatic heterocycles. The Kier molecular flexibility index (Phi) is 3.12. The molecule has 1 atom stereocenters. The molecule has 104 valence electrons. The van der Waals surface area contributed by atoms with Gasteiger partial charge in [0.15, 0.2) is 0 Å². The first-order valence-corrected chi connectivity index (χ1v) is 6.25. The van der Waals surface area contributed by atoms with Gasteiger partial charge in [-0.15, -0.1) is 0 Å². The molecule has 6 heteroatoms. The zero-order chi connectivity index (χ0) is 14.4. The number of hydrogen-bond donors (Lipinski definition) is 1. The zero-order valence-corrected chi connectivity index (χ0v) is 11.9. The van der Waals surface area contributed by atoms with Crippen molar-refractivity contribution in [2.75, 3.05) is 0 Å². The molecule has 0 radical (unpaired) electrons. The summed E-state index contributed by atoms with van der Waals surface area (Å²) in [6.45, 7) is 9.33. The summed E-state index contributed by atoms with van der Waals surface area (Å²) in [7, 11) is 0. The number of amides is 1. The molecule has 6 nitrogen and oxygen atoms in total. The van der Waals surface area contributed by atoms with Gasteiger partial charge in [-0.25, -0.2) is 9.78 Å². The van der Waals surface area contributed by atoms with Gasteiger partial charge in [0, 0.05) is 0 Å². The Labute approximate surface area is 112 Å². The van der Waals surface area contributed by atoms with Crippen LogP contribution in [0.1, 0.15) is 50.8 Å². The second-order valence-electron chi connectivity index (χ2n) is 5.74. The third-order valence-corrected chi connectivity index (χ3v) is 2.95. The number of aryl methyl sites for hydroxylation is 1. The number of carbonyl (C=O) groups excluding carboxylic acids is 1. The van der Waals surface area contributed by atoms with Gasteiger partial charge in [0.25, 0.3) is 0 Å². The van der Waals surface area contributed by atoms with Crippen LogP contribution in [0.5, 0.6) is 5.88 Å². The molecule has 1 aromatic rings. The Bertz CT molecular complexity index is 523. The largest absolute Gasteiger partial charge is 0.493 e. The molecule has 1 unspecified atom stereocenters. The summed E-state index contributed by atoms with van der Waals surface area (Å²) < 4.78 is 5.35. The van der Waals surface area contributed by atoms with Gasteiger partial charge in [0.05, 0.1) is 23.8 Å². The van der Waals surface area contributed by atoms with Gasteiger partial charge in [-0.3, -0.25) is 4.90 Å². The maximum absolute atomic E-state index is 12.1. The van der Waals surface area contributed by atoms with Crippen molar-refractivity contribution in [2.24, 2.45) is 0 Å². The van der Waals surface area contributed by atoms with Gasteiger partial charge in [-0.1, -0.05) is 0 Å². The van der Waals surface area contributed by atoms with Gasteiger partial charge in [0.1, 0.15) is 11.4 Å². The second kappa shape index (κ2) is 4.36. The van der Waals surface area contributed by atoms with Crippen LogP contribution < -0.4 is 0 Å². The molecule has 2 rings (SSSR count). The molecule has 0 spiro atoms. The fourth-order valence-corrected chi connectivity index (χ4v) is 2.17. The summed E-state index contributed by atoms with van der Waals surface area (Å²) in [5.41, 5.74) is 0.745. The van der Waals surface area contributed by atoms with Crippen LogP contribution in [0, 0.1) is 6.92 Å². The van der Waals surface area contributed by atoms with Crippen LogP contribution >= 0.6 is 0 Å². The van der Waals surface area contributed by atoms with E-state index in [-0.39, 0.29) is 11.9 Å². The molecule has 19 heavy (non-hydrogen) atoms. The summed E-state index contributed by atoms with van der Waals surface area (Å²) in [5, 5.41) is 9.88. The lowest BCUT2D eigenvalue weighted by atomic mass is 10.1. The molecule has 0 aromatic carbocycles. The van der Waals surface area contributed by atoms with Crippen LogP contribution in [0.25, 0.3) is 0 Å². The van der Waals surface area contributed by atoms with Gasteiger partial charge in [-0.05, 0) is 34.6 Å². The molecule has 1 aliphatic heterocycles. The predicted octanol–water partition coefficient (Wildman–Crippen LogP) is 2.30. The monoisotopic (exact) mass is 265 g/mol. The van der Waals surface area contributed by atoms with Crippen LogP contribution in [0.15, 0.2) is 0 Å². The zero-order valence-electron chi connectivity index (χ0n) is 11.9. The number of aromatic nitrogens is 2. The minimum Gasteiger partial charge on any atom is -0.493 e. The lowest BCUT2D eigenvalue weighted by Crippen LogP contribution is -2.35. The molecule has 2 heterocycles. The topological polar surface area (TPSA) is 75.6 Å². The fourth-order valence-electron chi connectivity index (χ4n) is 2.17. The number of rotatable bonds is 0. The maximum Gasteiger partial charge on any atom is 0.411 e. The van der Waals surface area contributed by atoms with E-state index in [0.29, 0.717) is 23.6 Å². The van der Waals surface area contributed by atoms with E-state index in [1.54, 1.807) is 11.8 Å². The minimum atomic E-state index is -0.546. The van der Waals surface area contributed by atoms with E-state index in [1.165, 1.54) is 0 Å². The van der Waals surface area contributed by atoms with Crippen LogP contribution in [-0.2, 0) is 11.3 Å². The molecule has 0 bridgehead atoms. The number of nitrogens with zero attached hydrogens (tertiary/aromatic N) is 3. The first-order valence-electron chi connectivity index (χ1n) is 6.25. The van der Waals surface area contributed by atoms with Crippen molar-refractivity contribution in [2.45, 2.75) is 52.8 Å². The second-order valence-corrected chi connectivity index (χ2v) is 5.74. The normalized spacial score (nSPS) is 18.4. The summed E-state index contributed by atoms with van der Waals surface area (Å²) in [4.78, 5) is 21.9. The Morgan fingerprint density at radius 2 is 2.05 bits per heavy atom. The standard InChI is InChI=1S/C13H19N3O3/c1-7-10-9(14-8(2)15-11(10)17)6-16(7)12(18)19-13(3,4)5/h7H,6H2,1-5H3,(H,14,15,17). The quantitative estimate of drug-likeness (QED) is 0.779. The highest BCUT2D eigenvalue weighted by molar-refractivity contribution is 5.70. The third-order valence-electron chi connectivity index (χ3n) is 2.95. The van der Waals surface area contributed by atoms with E-state index >= 15 is 0 Å². The summed E-state index contributed by atoms with van der Waals surface area (Å²) >= 11 is 0. The average Bonchev–Trinajstić information content (AvgIpc) is 2.53. The third kappa shape index (κ3) is 2.62. The van der Waals surface area contributed by atoms with Crippen molar-refractivity contribution in [3.05, 3.63) is 17.1 Å². The summed E-state index contributed by atoms with van der Waals surface area (Å²) in [6.07, 6.45) is -0.407. The van der Waals surface area contributed by atoms with Crippen molar-refractivity contribution in [3.8, 4) is 5.88 Å². The van der Waals surface area contributed by atoms with Crippen LogP contribution in [0.2, 0.25) is 0 Å². The van der Waals surface area contributed by atoms with Gasteiger partial charge in [-0.2, -0.15) is 4.98 Å². The Hall–Kier alpha value is -1.85. The highest BCUT2D eigenvalue weighted by Gasteiger charge is 2.37. The van der Waals surface area contributed by atoms with E-state index in [2.05, 4.69) is 9.97 Å². The summed E-state index contributed by atoms with van der Waals surface area (Å²) in [5.74, 6) is 0.440. The summed E-state index contributed by atoms with van der Waals surface area (Å²) in [6, 6.07) is -0.287. The van der Waals surface area contributed by atoms with Crippen molar-refractivity contribution in [3.63, 3.8) is 0 Å². The van der Waals surface area contributed by atoms with Crippen molar-refractivity contribution in [1.82, 2.24) is 14.9 Å². The van der Waals surface area contributed by atoms with Crippen LogP contribution in [0.3, 0.4) is 0 Å². The molecule has 1 aliphatic rings. The van der Waals surface area contributed by atoms with Crippen LogP contribution in [-0.4, -0.2) is 31.7 Å². The van der Waals surface area contributed by atoms with Crippen LogP contribution in [0.4, 0.5) is 4.79 Å². The lowest BCUT2D eigenvalue weighted by molar-refractivity contribution is 0.0185. The van der Waals surface area contributed by atoms with Crippen molar-refractivity contribution in [1.29, 1.82) is 0 Å². The number of aromatic hydroxyl groups is 1. The van der Waals surface area contributed by atoms with Crippen molar-refractivity contribution >= 4 is 6.09 Å². The maximum atomic E-state index is 12.1. The molecule has 0 saturated carbocycles. The SMILES string of the molecule is Cc1nc(O)c2c(n1)CN(C(=O)OC(C)(C)C)C2C. The van der Waals surface area contributed by atoms with E-state index in [0.717, 1.165) is 0 Å². The number of ether oxygens (including phenoxy) is 1. The molecule has 0 aliphatic carbocycles. The Morgan fingerprint density at radius 1 is 1.42 bits per heavy atom. The molecular weight excluding hydrogens is 246 g/mol. The predicted molar refractivity (Wildman–Crippen MR) is 68.6 cm³/mol. The average molecular weight is 265 g/mol. The van der Waals surface area contributed by atoms with E-state index in [1.807, 2.05) is 27.7 Å². The number of carbonyl (C=O) groups is 1. The fraction of sp³-hybridized carbons (Fsp3) is 0.615. The molecule has 1 N–H and O–H groups in total. The highest BCUT2D eigenvalue weighted by Crippen LogP contribution is 2.37. The van der Waals surface area contributed by atoms with E-state index < -0.39 is 11.7 Å². The first kappa shape index (κ1) is 13.6. The first-order chi connectivity index (χ1) is 8.69. The highest BCUT2D eigenvalue weighted by atomic mass is 16.6. The minimum absolute atomic E-state index is 0.0546. The lowest BCUT2D eigenvalue weighted by Gasteiger charge is -2.26. The van der Waals surface area contributed by atoms with Gasteiger partial charge < -0.3 is 9.84 Å². The molecule has 0 saturated heterocycles. The Balaban J connectivity index is 2.26. The van der Waals surface area contributed by atoms with E-state index in [4.69, 9.17) is 4.74 Å². The smallest absolute Gasteiger partial charge is 0.411 e. The number of fused-ring (bicyclic) bond motifs is 1. The van der Waals surface area contributed by atoms with Gasteiger partial charge in [0.2, 0.25) is 5.88 Å². The van der Waals surface area contributed by atoms with Gasteiger partial charge >= 0.3 is 6.09 Å². The Morgan fingerprint density at radius 3 is 2.63 bits per heavy atom. The van der Waals surface area contributed by atoms with Crippen molar-refractivity contribution < 1.29 is 14.6 Å². The molecule has 0 fully saturated rings. The molecular formula is C13H19N3O3. The van der Waals surface area contributed by atoms with E-state index in [9.17, 15) is 9.90 Å². The molecule has 1 amide bonds.